The number of allylic oxidation sites excluding steroid dienone is 22. The summed E-state index contributed by atoms with van der Waals surface area (Å²) in [6.07, 6.45) is 35.0. The van der Waals surface area contributed by atoms with Crippen LogP contribution >= 0.6 is 0 Å². The Morgan fingerprint density at radius 2 is 1.14 bits per heavy atom. The number of rotatable bonds is 13. The van der Waals surface area contributed by atoms with E-state index < -0.39 is 11.7 Å². The van der Waals surface area contributed by atoms with Crippen LogP contribution in [0, 0.1) is 5.41 Å². The standard InChI is InChI=1S/C40H54O3/c1-30(19-13-21-32(3)22-14-23-33(4)25-16-28-40(9,10)43)17-11-12-18-31(2)20-15-24-34(5)26-27-36-35(6)38(42)37(41)29-39(36,7)8/h11-27,37,41,43H,28-29H2,1-10H3/b12-11+,19-13+,20-15+,22-14+,25-16-,27-26+,30-17+,31-18+,32-21+,33-23+,34-24+. The first-order valence-corrected chi connectivity index (χ1v) is 15.1. The van der Waals surface area contributed by atoms with E-state index in [9.17, 15) is 15.0 Å². The number of ketones is 1. The van der Waals surface area contributed by atoms with E-state index in [1.165, 1.54) is 0 Å². The average molecular weight is 583 g/mol. The van der Waals surface area contributed by atoms with Crippen molar-refractivity contribution in [2.45, 2.75) is 93.8 Å². The Hall–Kier alpha value is -3.53. The molecule has 0 spiro atoms. The van der Waals surface area contributed by atoms with Crippen molar-refractivity contribution >= 4 is 5.78 Å². The zero-order valence-corrected chi connectivity index (χ0v) is 28.1. The molecule has 1 atom stereocenters. The molecule has 43 heavy (non-hydrogen) atoms. The van der Waals surface area contributed by atoms with Crippen molar-refractivity contribution < 1.29 is 15.0 Å². The predicted molar refractivity (Wildman–Crippen MR) is 187 cm³/mol. The van der Waals surface area contributed by atoms with Crippen LogP contribution in [0.5, 0.6) is 0 Å². The van der Waals surface area contributed by atoms with Crippen molar-refractivity contribution in [3.05, 3.63) is 142 Å². The summed E-state index contributed by atoms with van der Waals surface area (Å²) in [4.78, 5) is 12.2. The smallest absolute Gasteiger partial charge is 0.187 e. The highest BCUT2D eigenvalue weighted by molar-refractivity contribution is 6.00. The van der Waals surface area contributed by atoms with Crippen molar-refractivity contribution in [3.63, 3.8) is 0 Å². The highest BCUT2D eigenvalue weighted by atomic mass is 16.3. The second-order valence-electron chi connectivity index (χ2n) is 12.8. The summed E-state index contributed by atoms with van der Waals surface area (Å²) in [5.41, 5.74) is 6.42. The van der Waals surface area contributed by atoms with Crippen molar-refractivity contribution in [3.8, 4) is 0 Å². The van der Waals surface area contributed by atoms with Gasteiger partial charge >= 0.3 is 0 Å². The molecule has 0 bridgehead atoms. The molecular weight excluding hydrogens is 528 g/mol. The summed E-state index contributed by atoms with van der Waals surface area (Å²) in [6, 6.07) is 0. The molecule has 3 nitrogen and oxygen atoms in total. The maximum Gasteiger partial charge on any atom is 0.187 e. The van der Waals surface area contributed by atoms with Gasteiger partial charge in [0.05, 0.1) is 5.60 Å². The van der Waals surface area contributed by atoms with Crippen LogP contribution < -0.4 is 0 Å². The van der Waals surface area contributed by atoms with E-state index in [0.717, 1.165) is 33.4 Å². The van der Waals surface area contributed by atoms with Gasteiger partial charge in [-0.3, -0.25) is 4.79 Å². The SMILES string of the molecule is CC1=C(/C=C/C(C)=C/C=C/C(C)=C/C=C/C=C(C)/C=C/C=C(C)/C=C/C=C(C)/C=C\CC(C)(C)O)C(C)(C)CC(O)C1=O. The van der Waals surface area contributed by atoms with Crippen LogP contribution in [-0.2, 0) is 4.79 Å². The molecule has 0 radical (unpaired) electrons. The van der Waals surface area contributed by atoms with Crippen LogP contribution in [0.25, 0.3) is 0 Å². The van der Waals surface area contributed by atoms with Crippen LogP contribution in [0.4, 0.5) is 0 Å². The Morgan fingerprint density at radius 1 is 0.744 bits per heavy atom. The monoisotopic (exact) mass is 582 g/mol. The van der Waals surface area contributed by atoms with Gasteiger partial charge in [0, 0.05) is 0 Å². The quantitative estimate of drug-likeness (QED) is 0.213. The first-order chi connectivity index (χ1) is 20.0. The molecule has 0 saturated carbocycles. The fourth-order valence-electron chi connectivity index (χ4n) is 4.42. The van der Waals surface area contributed by atoms with Crippen LogP contribution in [0.1, 0.15) is 82.1 Å². The topological polar surface area (TPSA) is 57.5 Å². The third-order valence-corrected chi connectivity index (χ3v) is 7.00. The van der Waals surface area contributed by atoms with E-state index in [2.05, 4.69) is 83.2 Å². The summed E-state index contributed by atoms with van der Waals surface area (Å²) in [6.45, 7) is 19.9. The predicted octanol–water partition coefficient (Wildman–Crippen LogP) is 9.89. The van der Waals surface area contributed by atoms with Crippen molar-refractivity contribution in [2.75, 3.05) is 0 Å². The number of carbonyl (C=O) groups excluding carboxylic acids is 1. The molecule has 0 amide bonds. The molecule has 0 aromatic rings. The highest BCUT2D eigenvalue weighted by Crippen LogP contribution is 2.39. The van der Waals surface area contributed by atoms with Gasteiger partial charge in [0.25, 0.3) is 0 Å². The molecule has 0 aromatic carbocycles. The van der Waals surface area contributed by atoms with E-state index in [1.807, 2.05) is 82.4 Å². The van der Waals surface area contributed by atoms with Crippen LogP contribution in [0.15, 0.2) is 142 Å². The minimum Gasteiger partial charge on any atom is -0.390 e. The first kappa shape index (κ1) is 37.5. The third kappa shape index (κ3) is 16.0. The summed E-state index contributed by atoms with van der Waals surface area (Å²) in [7, 11) is 0. The number of carbonyl (C=O) groups is 1. The lowest BCUT2D eigenvalue weighted by atomic mass is 9.71. The van der Waals surface area contributed by atoms with Gasteiger partial charge in [0.1, 0.15) is 6.10 Å². The summed E-state index contributed by atoms with van der Waals surface area (Å²) >= 11 is 0. The van der Waals surface area contributed by atoms with Gasteiger partial charge in [-0.2, -0.15) is 0 Å². The Morgan fingerprint density at radius 3 is 1.58 bits per heavy atom. The maximum absolute atomic E-state index is 12.2. The van der Waals surface area contributed by atoms with E-state index >= 15 is 0 Å². The van der Waals surface area contributed by atoms with E-state index in [-0.39, 0.29) is 11.2 Å². The van der Waals surface area contributed by atoms with Crippen molar-refractivity contribution in [1.82, 2.24) is 0 Å². The number of hydrogen-bond acceptors (Lipinski definition) is 3. The van der Waals surface area contributed by atoms with E-state index in [1.54, 1.807) is 6.92 Å². The van der Waals surface area contributed by atoms with Crippen molar-refractivity contribution in [1.29, 1.82) is 0 Å². The Labute approximate surface area is 261 Å². The lowest BCUT2D eigenvalue weighted by Crippen LogP contribution is -2.35. The van der Waals surface area contributed by atoms with Crippen LogP contribution in [0.3, 0.4) is 0 Å². The van der Waals surface area contributed by atoms with Gasteiger partial charge in [0.2, 0.25) is 0 Å². The van der Waals surface area contributed by atoms with Gasteiger partial charge < -0.3 is 10.2 Å². The third-order valence-electron chi connectivity index (χ3n) is 7.00. The van der Waals surface area contributed by atoms with Gasteiger partial charge in [0.15, 0.2) is 5.78 Å². The highest BCUT2D eigenvalue weighted by Gasteiger charge is 2.36. The Balaban J connectivity index is 2.65. The molecular formula is C40H54O3. The number of aliphatic hydroxyl groups is 2. The second kappa shape index (κ2) is 18.2. The average Bonchev–Trinajstić information content (AvgIpc) is 2.88. The van der Waals surface area contributed by atoms with E-state index in [4.69, 9.17) is 0 Å². The molecule has 232 valence electrons. The Kier molecular flexibility index (Phi) is 15.9. The summed E-state index contributed by atoms with van der Waals surface area (Å²) in [5.74, 6) is -0.168. The minimum absolute atomic E-state index is 0.168. The largest absolute Gasteiger partial charge is 0.390 e. The fourth-order valence-corrected chi connectivity index (χ4v) is 4.42. The van der Waals surface area contributed by atoms with Gasteiger partial charge in [-0.05, 0) is 84.8 Å². The molecule has 1 aliphatic rings. The summed E-state index contributed by atoms with van der Waals surface area (Å²) in [5, 5.41) is 19.8. The lowest BCUT2D eigenvalue weighted by molar-refractivity contribution is -0.125. The fraction of sp³-hybridized carbons (Fsp3) is 0.375. The lowest BCUT2D eigenvalue weighted by Gasteiger charge is -2.34. The molecule has 1 rings (SSSR count). The summed E-state index contributed by atoms with van der Waals surface area (Å²) < 4.78 is 0. The van der Waals surface area contributed by atoms with Crippen molar-refractivity contribution in [2.24, 2.45) is 5.41 Å². The van der Waals surface area contributed by atoms with E-state index in [0.29, 0.717) is 18.4 Å². The van der Waals surface area contributed by atoms with Crippen LogP contribution in [0.2, 0.25) is 0 Å². The van der Waals surface area contributed by atoms with Gasteiger partial charge in [-0.25, -0.2) is 0 Å². The first-order valence-electron chi connectivity index (χ1n) is 15.1. The minimum atomic E-state index is -0.899. The number of aliphatic hydroxyl groups excluding tert-OH is 1. The molecule has 0 fully saturated rings. The number of hydrogen-bond donors (Lipinski definition) is 2. The zero-order valence-electron chi connectivity index (χ0n) is 28.1. The Bertz CT molecular complexity index is 1330. The molecule has 1 unspecified atom stereocenters. The van der Waals surface area contributed by atoms with Gasteiger partial charge in [-0.1, -0.05) is 145 Å². The maximum atomic E-state index is 12.2. The van der Waals surface area contributed by atoms with Crippen LogP contribution in [-0.4, -0.2) is 27.7 Å². The number of Topliss-reactive ketones (excluding diaryl/α,β-unsaturated/α-hetero) is 1. The normalized spacial score (nSPS) is 20.6. The molecule has 3 heteroatoms. The second-order valence-corrected chi connectivity index (χ2v) is 12.8. The molecule has 0 aromatic heterocycles. The molecule has 2 N–H and O–H groups in total. The van der Waals surface area contributed by atoms with Gasteiger partial charge in [-0.15, -0.1) is 0 Å². The molecule has 1 aliphatic carbocycles. The molecule has 0 aliphatic heterocycles. The zero-order chi connectivity index (χ0) is 32.6. The molecule has 0 saturated heterocycles. The molecule has 0 heterocycles.